The summed E-state index contributed by atoms with van der Waals surface area (Å²) in [6.07, 6.45) is 0. The zero-order valence-electron chi connectivity index (χ0n) is 11.6. The maximum absolute atomic E-state index is 12.7. The number of carboxylic acid groups (broad SMARTS) is 1. The molecule has 1 saturated heterocycles. The van der Waals surface area contributed by atoms with Crippen molar-refractivity contribution in [2.24, 2.45) is 0 Å². The molecule has 2 unspecified atom stereocenters. The first-order valence-electron chi connectivity index (χ1n) is 6.41. The lowest BCUT2D eigenvalue weighted by Crippen LogP contribution is -2.47. The molecule has 1 aliphatic rings. The lowest BCUT2D eigenvalue weighted by molar-refractivity contribution is 0.0695. The monoisotopic (exact) mass is 393 g/mol. The highest BCUT2D eigenvalue weighted by atomic mass is 79.9. The van der Waals surface area contributed by atoms with Crippen LogP contribution in [0.2, 0.25) is 0 Å². The molecule has 0 radical (unpaired) electrons. The molecule has 1 N–H and O–H groups in total. The average Bonchev–Trinajstić information content (AvgIpc) is 2.41. The van der Waals surface area contributed by atoms with Crippen molar-refractivity contribution in [3.05, 3.63) is 28.2 Å². The van der Waals surface area contributed by atoms with Gasteiger partial charge in [-0.25, -0.2) is 13.2 Å². The third kappa shape index (κ3) is 3.28. The second kappa shape index (κ2) is 6.28. The first-order valence-corrected chi connectivity index (χ1v) is 9.69. The van der Waals surface area contributed by atoms with Gasteiger partial charge in [0.2, 0.25) is 10.0 Å². The Bertz CT molecular complexity index is 662. The van der Waals surface area contributed by atoms with E-state index in [4.69, 9.17) is 5.11 Å². The lowest BCUT2D eigenvalue weighted by atomic mass is 10.2. The maximum Gasteiger partial charge on any atom is 0.336 e. The van der Waals surface area contributed by atoms with Crippen molar-refractivity contribution < 1.29 is 18.3 Å². The van der Waals surface area contributed by atoms with Gasteiger partial charge in [-0.15, -0.1) is 0 Å². The topological polar surface area (TPSA) is 74.7 Å². The van der Waals surface area contributed by atoms with Gasteiger partial charge in [-0.1, -0.05) is 6.92 Å². The Kier molecular flexibility index (Phi) is 5.02. The Balaban J connectivity index is 2.44. The molecule has 5 nitrogen and oxygen atoms in total. The van der Waals surface area contributed by atoms with Crippen molar-refractivity contribution in [3.8, 4) is 0 Å². The van der Waals surface area contributed by atoms with Crippen molar-refractivity contribution in [1.29, 1.82) is 0 Å². The van der Waals surface area contributed by atoms with Gasteiger partial charge >= 0.3 is 5.97 Å². The van der Waals surface area contributed by atoms with Gasteiger partial charge in [-0.3, -0.25) is 0 Å². The Morgan fingerprint density at radius 1 is 1.43 bits per heavy atom. The van der Waals surface area contributed by atoms with Gasteiger partial charge < -0.3 is 5.11 Å². The van der Waals surface area contributed by atoms with Gasteiger partial charge in [0.05, 0.1) is 10.5 Å². The highest BCUT2D eigenvalue weighted by Gasteiger charge is 2.35. The summed E-state index contributed by atoms with van der Waals surface area (Å²) in [5.41, 5.74) is -0.0526. The third-order valence-corrected chi connectivity index (χ3v) is 7.61. The van der Waals surface area contributed by atoms with Crippen LogP contribution in [0, 0.1) is 0 Å². The number of sulfonamides is 1. The summed E-state index contributed by atoms with van der Waals surface area (Å²) >= 11 is 4.87. The number of rotatable bonds is 3. The molecule has 1 aromatic carbocycles. The maximum atomic E-state index is 12.7. The lowest BCUT2D eigenvalue weighted by Gasteiger charge is -2.36. The van der Waals surface area contributed by atoms with E-state index >= 15 is 0 Å². The molecule has 21 heavy (non-hydrogen) atoms. The van der Waals surface area contributed by atoms with Crippen LogP contribution in [0.5, 0.6) is 0 Å². The van der Waals surface area contributed by atoms with E-state index < -0.39 is 16.0 Å². The molecule has 8 heteroatoms. The van der Waals surface area contributed by atoms with Crippen molar-refractivity contribution in [2.75, 3.05) is 12.3 Å². The van der Waals surface area contributed by atoms with E-state index in [2.05, 4.69) is 15.9 Å². The number of carboxylic acids is 1. The molecule has 1 heterocycles. The number of carbonyl (C=O) groups is 1. The zero-order chi connectivity index (χ0) is 15.8. The Morgan fingerprint density at radius 2 is 2.10 bits per heavy atom. The molecular formula is C13H16BrNO4S2. The number of hydrogen-bond donors (Lipinski definition) is 1. The van der Waals surface area contributed by atoms with Crippen LogP contribution < -0.4 is 0 Å². The molecule has 0 aromatic heterocycles. The highest BCUT2D eigenvalue weighted by Crippen LogP contribution is 2.30. The molecule has 0 saturated carbocycles. The van der Waals surface area contributed by atoms with Gasteiger partial charge in [0.15, 0.2) is 0 Å². The molecule has 0 bridgehead atoms. The minimum atomic E-state index is -3.68. The Hall–Kier alpha value is -0.570. The van der Waals surface area contributed by atoms with Crippen LogP contribution in [0.1, 0.15) is 24.2 Å². The van der Waals surface area contributed by atoms with Crippen molar-refractivity contribution in [1.82, 2.24) is 4.31 Å². The fraction of sp³-hybridized carbons (Fsp3) is 0.462. The first-order chi connectivity index (χ1) is 9.75. The van der Waals surface area contributed by atoms with Crippen LogP contribution in [-0.4, -0.2) is 47.4 Å². The van der Waals surface area contributed by atoms with Gasteiger partial charge in [-0.2, -0.15) is 16.1 Å². The number of halogens is 1. The van der Waals surface area contributed by atoms with Gasteiger partial charge in [0, 0.05) is 28.1 Å². The summed E-state index contributed by atoms with van der Waals surface area (Å²) in [6, 6.07) is 3.99. The molecule has 1 aromatic rings. The summed E-state index contributed by atoms with van der Waals surface area (Å²) in [4.78, 5) is 11.2. The number of aromatic carboxylic acids is 1. The normalized spacial score (nSPS) is 24.0. The summed E-state index contributed by atoms with van der Waals surface area (Å²) in [5, 5.41) is 9.33. The van der Waals surface area contributed by atoms with Crippen molar-refractivity contribution >= 4 is 43.7 Å². The summed E-state index contributed by atoms with van der Waals surface area (Å²) < 4.78 is 27.3. The SMILES string of the molecule is CC1SCCN(S(=O)(=O)c2ccc(Br)c(C(=O)O)c2)C1C. The zero-order valence-corrected chi connectivity index (χ0v) is 14.8. The molecule has 1 aliphatic heterocycles. The second-order valence-corrected chi connectivity index (χ2v) is 9.11. The van der Waals surface area contributed by atoms with E-state index in [0.717, 1.165) is 5.75 Å². The van der Waals surface area contributed by atoms with E-state index in [1.807, 2.05) is 13.8 Å². The predicted molar refractivity (Wildman–Crippen MR) is 86.4 cm³/mol. The molecule has 0 spiro atoms. The number of thioether (sulfide) groups is 1. The molecule has 0 amide bonds. The van der Waals surface area contributed by atoms with E-state index in [1.54, 1.807) is 11.8 Å². The Labute approximate surface area is 136 Å². The van der Waals surface area contributed by atoms with Crippen LogP contribution in [0.15, 0.2) is 27.6 Å². The highest BCUT2D eigenvalue weighted by molar-refractivity contribution is 9.10. The van der Waals surface area contributed by atoms with Crippen LogP contribution >= 0.6 is 27.7 Å². The van der Waals surface area contributed by atoms with Gasteiger partial charge in [0.1, 0.15) is 0 Å². The van der Waals surface area contributed by atoms with Crippen LogP contribution in [0.3, 0.4) is 0 Å². The molecule has 2 rings (SSSR count). The van der Waals surface area contributed by atoms with E-state index in [-0.39, 0.29) is 21.8 Å². The van der Waals surface area contributed by atoms with E-state index in [9.17, 15) is 13.2 Å². The third-order valence-electron chi connectivity index (χ3n) is 3.60. The van der Waals surface area contributed by atoms with Gasteiger partial charge in [0.25, 0.3) is 0 Å². The smallest absolute Gasteiger partial charge is 0.336 e. The van der Waals surface area contributed by atoms with E-state index in [0.29, 0.717) is 11.0 Å². The van der Waals surface area contributed by atoms with Crippen LogP contribution in [0.25, 0.3) is 0 Å². The summed E-state index contributed by atoms with van der Waals surface area (Å²) in [5.74, 6) is -0.415. The first kappa shape index (κ1) is 16.8. The molecule has 116 valence electrons. The minimum Gasteiger partial charge on any atom is -0.478 e. The van der Waals surface area contributed by atoms with Crippen LogP contribution in [-0.2, 0) is 10.0 Å². The summed E-state index contributed by atoms with van der Waals surface area (Å²) in [6.45, 7) is 4.32. The fourth-order valence-electron chi connectivity index (χ4n) is 2.21. The van der Waals surface area contributed by atoms with Crippen LogP contribution in [0.4, 0.5) is 0 Å². The molecular weight excluding hydrogens is 378 g/mol. The quantitative estimate of drug-likeness (QED) is 0.853. The standard InChI is InChI=1S/C13H16BrNO4S2/c1-8-9(2)20-6-5-15(8)21(18,19)10-3-4-12(14)11(7-10)13(16)17/h3-4,7-9H,5-6H2,1-2H3,(H,16,17). The predicted octanol–water partition coefficient (Wildman–Crippen LogP) is 2.66. The molecule has 2 atom stereocenters. The van der Waals surface area contributed by atoms with Gasteiger partial charge in [-0.05, 0) is 41.1 Å². The second-order valence-electron chi connectivity index (χ2n) is 4.88. The van der Waals surface area contributed by atoms with E-state index in [1.165, 1.54) is 22.5 Å². The van der Waals surface area contributed by atoms with Crippen molar-refractivity contribution in [2.45, 2.75) is 30.0 Å². The largest absolute Gasteiger partial charge is 0.478 e. The van der Waals surface area contributed by atoms with Crippen molar-refractivity contribution in [3.63, 3.8) is 0 Å². The fourth-order valence-corrected chi connectivity index (χ4v) is 5.65. The minimum absolute atomic E-state index is 0.0223. The number of hydrogen-bond acceptors (Lipinski definition) is 4. The average molecular weight is 394 g/mol. The Morgan fingerprint density at radius 3 is 2.71 bits per heavy atom. The molecule has 0 aliphatic carbocycles. The number of benzene rings is 1. The molecule has 1 fully saturated rings. The number of nitrogens with zero attached hydrogens (tertiary/aromatic N) is 1. The summed E-state index contributed by atoms with van der Waals surface area (Å²) in [7, 11) is -3.68.